The van der Waals surface area contributed by atoms with Gasteiger partial charge in [0.2, 0.25) is 5.76 Å². The zero-order chi connectivity index (χ0) is 19.5. The number of oxazole rings is 1. The molecular formula is C20H28BrN3O3. The molecule has 1 aromatic carbocycles. The third kappa shape index (κ3) is 6.99. The van der Waals surface area contributed by atoms with Crippen LogP contribution < -0.4 is 10.1 Å². The molecule has 6 nitrogen and oxygen atoms in total. The number of nitrogens with one attached hydrogen (secondary N) is 1. The minimum Gasteiger partial charge on any atom is -0.491 e. The predicted octanol–water partition coefficient (Wildman–Crippen LogP) is 3.91. The van der Waals surface area contributed by atoms with Crippen molar-refractivity contribution in [2.45, 2.75) is 33.1 Å². The van der Waals surface area contributed by atoms with Gasteiger partial charge in [-0.05, 0) is 66.0 Å². The third-order valence-electron chi connectivity index (χ3n) is 4.22. The number of likely N-dealkylation sites (tertiary alicyclic amines) is 1. The number of nitrogens with zero attached hydrogens (tertiary/aromatic N) is 2. The van der Waals surface area contributed by atoms with E-state index in [0.717, 1.165) is 28.8 Å². The molecule has 0 spiro atoms. The largest absolute Gasteiger partial charge is 0.491 e. The van der Waals surface area contributed by atoms with Crippen LogP contribution in [0.1, 0.15) is 42.8 Å². The number of halogens is 1. The van der Waals surface area contributed by atoms with Crippen molar-refractivity contribution in [3.05, 3.63) is 46.6 Å². The lowest BCUT2D eigenvalue weighted by atomic mass is 10.1. The molecule has 2 heterocycles. The van der Waals surface area contributed by atoms with Crippen LogP contribution >= 0.6 is 15.9 Å². The van der Waals surface area contributed by atoms with Gasteiger partial charge < -0.3 is 14.5 Å². The van der Waals surface area contributed by atoms with Crippen LogP contribution in [0.5, 0.6) is 5.75 Å². The summed E-state index contributed by atoms with van der Waals surface area (Å²) in [4.78, 5) is 17.9. The van der Waals surface area contributed by atoms with Gasteiger partial charge in [0, 0.05) is 13.1 Å². The van der Waals surface area contributed by atoms with Gasteiger partial charge in [-0.2, -0.15) is 0 Å². The molecule has 148 valence electrons. The number of carbonyl (C=O) groups excluding carboxylic acids is 1. The van der Waals surface area contributed by atoms with Crippen molar-refractivity contribution in [2.24, 2.45) is 0 Å². The summed E-state index contributed by atoms with van der Waals surface area (Å²) in [6.45, 7) is 8.57. The maximum atomic E-state index is 11.8. The summed E-state index contributed by atoms with van der Waals surface area (Å²) in [6, 6.07) is 6.03. The molecule has 3 rings (SSSR count). The summed E-state index contributed by atoms with van der Waals surface area (Å²) in [5, 5.41) is 2.81. The molecule has 0 atom stereocenters. The molecule has 0 saturated carbocycles. The fourth-order valence-corrected chi connectivity index (χ4v) is 3.38. The molecule has 27 heavy (non-hydrogen) atoms. The van der Waals surface area contributed by atoms with Crippen LogP contribution in [0.25, 0.3) is 0 Å². The zero-order valence-corrected chi connectivity index (χ0v) is 17.6. The highest BCUT2D eigenvalue weighted by molar-refractivity contribution is 9.10. The molecule has 1 aliphatic rings. The Morgan fingerprint density at radius 3 is 2.78 bits per heavy atom. The molecule has 1 aliphatic heterocycles. The SMILES string of the molecule is CC.O=C(NCCc1ccc(OCCN2CCCC2)c(Br)c1)c1cnco1. The molecule has 0 unspecified atom stereocenters. The second kappa shape index (κ2) is 11.8. The summed E-state index contributed by atoms with van der Waals surface area (Å²) >= 11 is 3.56. The highest BCUT2D eigenvalue weighted by Gasteiger charge is 2.12. The van der Waals surface area contributed by atoms with Crippen molar-refractivity contribution in [1.82, 2.24) is 15.2 Å². The van der Waals surface area contributed by atoms with Crippen molar-refractivity contribution in [1.29, 1.82) is 0 Å². The van der Waals surface area contributed by atoms with E-state index in [1.807, 2.05) is 32.0 Å². The van der Waals surface area contributed by atoms with Crippen molar-refractivity contribution in [3.63, 3.8) is 0 Å². The van der Waals surface area contributed by atoms with Crippen LogP contribution in [-0.2, 0) is 6.42 Å². The van der Waals surface area contributed by atoms with Gasteiger partial charge in [0.1, 0.15) is 12.4 Å². The van der Waals surface area contributed by atoms with E-state index in [2.05, 4.69) is 31.1 Å². The summed E-state index contributed by atoms with van der Waals surface area (Å²) < 4.78 is 11.8. The fourth-order valence-electron chi connectivity index (χ4n) is 2.84. The second-order valence-corrected chi connectivity index (χ2v) is 6.89. The molecule has 1 amide bonds. The molecular weight excluding hydrogens is 410 g/mol. The molecule has 2 aromatic rings. The molecule has 0 aliphatic carbocycles. The van der Waals surface area contributed by atoms with Gasteiger partial charge in [-0.25, -0.2) is 4.98 Å². The van der Waals surface area contributed by atoms with Crippen LogP contribution in [0.3, 0.4) is 0 Å². The average molecular weight is 438 g/mol. The smallest absolute Gasteiger partial charge is 0.288 e. The monoisotopic (exact) mass is 437 g/mol. The van der Waals surface area contributed by atoms with E-state index in [1.165, 1.54) is 38.5 Å². The van der Waals surface area contributed by atoms with Crippen molar-refractivity contribution < 1.29 is 13.9 Å². The van der Waals surface area contributed by atoms with Gasteiger partial charge in [0.25, 0.3) is 5.91 Å². The van der Waals surface area contributed by atoms with Gasteiger partial charge >= 0.3 is 0 Å². The number of ether oxygens (including phenoxy) is 1. The molecule has 0 bridgehead atoms. The van der Waals surface area contributed by atoms with Crippen molar-refractivity contribution >= 4 is 21.8 Å². The Morgan fingerprint density at radius 2 is 2.11 bits per heavy atom. The van der Waals surface area contributed by atoms with Crippen LogP contribution in [0.2, 0.25) is 0 Å². The lowest BCUT2D eigenvalue weighted by molar-refractivity contribution is 0.0926. The summed E-state index contributed by atoms with van der Waals surface area (Å²) in [6.07, 6.45) is 5.97. The normalized spacial score (nSPS) is 13.7. The molecule has 0 radical (unpaired) electrons. The van der Waals surface area contributed by atoms with E-state index in [1.54, 1.807) is 0 Å². The van der Waals surface area contributed by atoms with Crippen LogP contribution in [0.4, 0.5) is 0 Å². The van der Waals surface area contributed by atoms with Gasteiger partial charge in [-0.3, -0.25) is 9.69 Å². The predicted molar refractivity (Wildman–Crippen MR) is 109 cm³/mol. The maximum absolute atomic E-state index is 11.8. The topological polar surface area (TPSA) is 67.6 Å². The van der Waals surface area contributed by atoms with Crippen LogP contribution in [0.15, 0.2) is 39.7 Å². The first kappa shape index (κ1) is 21.4. The highest BCUT2D eigenvalue weighted by atomic mass is 79.9. The maximum Gasteiger partial charge on any atom is 0.288 e. The Labute approximate surface area is 169 Å². The quantitative estimate of drug-likeness (QED) is 0.677. The van der Waals surface area contributed by atoms with Crippen LogP contribution in [-0.4, -0.2) is 48.6 Å². The average Bonchev–Trinajstić information content (AvgIpc) is 3.39. The molecule has 1 saturated heterocycles. The lowest BCUT2D eigenvalue weighted by Gasteiger charge is -2.15. The number of hydrogen-bond acceptors (Lipinski definition) is 5. The Bertz CT molecular complexity index is 686. The second-order valence-electron chi connectivity index (χ2n) is 6.03. The Balaban J connectivity index is 0.00000126. The minimum absolute atomic E-state index is 0.225. The molecule has 7 heteroatoms. The van der Waals surface area contributed by atoms with E-state index in [9.17, 15) is 4.79 Å². The van der Waals surface area contributed by atoms with Gasteiger partial charge in [-0.15, -0.1) is 0 Å². The summed E-state index contributed by atoms with van der Waals surface area (Å²) in [5.41, 5.74) is 1.12. The van der Waals surface area contributed by atoms with Gasteiger partial charge in [0.05, 0.1) is 10.7 Å². The van der Waals surface area contributed by atoms with E-state index in [-0.39, 0.29) is 11.7 Å². The number of rotatable bonds is 8. The van der Waals surface area contributed by atoms with E-state index in [0.29, 0.717) is 13.2 Å². The Kier molecular flexibility index (Phi) is 9.35. The standard InChI is InChI=1S/C18H22BrN3O3.C2H6/c19-15-11-14(5-6-21-18(23)17-12-20-13-25-17)3-4-16(15)24-10-9-22-7-1-2-8-22;1-2/h3-4,11-13H,1-2,5-10H2,(H,21,23);1-2H3. The molecule has 1 fully saturated rings. The Hall–Kier alpha value is -1.86. The van der Waals surface area contributed by atoms with E-state index < -0.39 is 0 Å². The van der Waals surface area contributed by atoms with E-state index >= 15 is 0 Å². The van der Waals surface area contributed by atoms with Crippen molar-refractivity contribution in [3.8, 4) is 5.75 Å². The number of benzene rings is 1. The van der Waals surface area contributed by atoms with Crippen LogP contribution in [0, 0.1) is 0 Å². The first-order chi connectivity index (χ1) is 13.2. The lowest BCUT2D eigenvalue weighted by Crippen LogP contribution is -2.25. The number of hydrogen-bond donors (Lipinski definition) is 1. The van der Waals surface area contributed by atoms with Gasteiger partial charge in [0.15, 0.2) is 6.39 Å². The van der Waals surface area contributed by atoms with Gasteiger partial charge in [-0.1, -0.05) is 19.9 Å². The van der Waals surface area contributed by atoms with E-state index in [4.69, 9.17) is 9.15 Å². The third-order valence-corrected chi connectivity index (χ3v) is 4.84. The number of carbonyl (C=O) groups is 1. The minimum atomic E-state index is -0.251. The van der Waals surface area contributed by atoms with Crippen molar-refractivity contribution in [2.75, 3.05) is 32.8 Å². The fraction of sp³-hybridized carbons (Fsp3) is 0.500. The number of amides is 1. The number of aromatic nitrogens is 1. The summed E-state index contributed by atoms with van der Waals surface area (Å²) in [7, 11) is 0. The highest BCUT2D eigenvalue weighted by Crippen LogP contribution is 2.26. The zero-order valence-electron chi connectivity index (χ0n) is 16.0. The Morgan fingerprint density at radius 1 is 1.33 bits per heavy atom. The summed E-state index contributed by atoms with van der Waals surface area (Å²) in [5.74, 6) is 0.829. The first-order valence-corrected chi connectivity index (χ1v) is 10.3. The first-order valence-electron chi connectivity index (χ1n) is 9.52. The molecule has 1 N–H and O–H groups in total. The molecule has 1 aromatic heterocycles.